The molecule has 0 heterocycles. The molecular formula is C14H24O2. The third kappa shape index (κ3) is 3.23. The fourth-order valence-corrected chi connectivity index (χ4v) is 3.47. The van der Waals surface area contributed by atoms with Crippen LogP contribution in [0.1, 0.15) is 64.2 Å². The van der Waals surface area contributed by atoms with Crippen molar-refractivity contribution < 1.29 is 9.90 Å². The molecule has 2 aliphatic carbocycles. The lowest BCUT2D eigenvalue weighted by molar-refractivity contribution is -0.143. The zero-order chi connectivity index (χ0) is 11.4. The van der Waals surface area contributed by atoms with Gasteiger partial charge in [-0.05, 0) is 37.5 Å². The Labute approximate surface area is 98.4 Å². The highest BCUT2D eigenvalue weighted by Gasteiger charge is 2.26. The first kappa shape index (κ1) is 11.9. The van der Waals surface area contributed by atoms with Crippen LogP contribution in [-0.2, 0) is 4.79 Å². The number of hydrogen-bond donors (Lipinski definition) is 1. The number of carboxylic acids is 1. The smallest absolute Gasteiger partial charge is 0.306 e. The van der Waals surface area contributed by atoms with Gasteiger partial charge in [0, 0.05) is 0 Å². The average Bonchev–Trinajstić information content (AvgIpc) is 2.80. The first-order chi connectivity index (χ1) is 7.75. The van der Waals surface area contributed by atoms with E-state index in [4.69, 9.17) is 5.11 Å². The molecule has 0 unspecified atom stereocenters. The van der Waals surface area contributed by atoms with Crippen molar-refractivity contribution in [2.75, 3.05) is 0 Å². The molecule has 2 rings (SSSR count). The fraction of sp³-hybridized carbons (Fsp3) is 0.929. The third-order valence-corrected chi connectivity index (χ3v) is 4.65. The van der Waals surface area contributed by atoms with E-state index in [0.29, 0.717) is 0 Å². The van der Waals surface area contributed by atoms with E-state index in [1.54, 1.807) is 0 Å². The zero-order valence-electron chi connectivity index (χ0n) is 10.2. The van der Waals surface area contributed by atoms with Crippen LogP contribution in [0.25, 0.3) is 0 Å². The number of rotatable bonds is 4. The number of hydrogen-bond acceptors (Lipinski definition) is 1. The predicted octanol–water partition coefficient (Wildman–Crippen LogP) is 3.85. The van der Waals surface area contributed by atoms with Gasteiger partial charge in [-0.1, -0.05) is 38.5 Å². The molecule has 0 saturated heterocycles. The molecule has 0 aliphatic heterocycles. The minimum atomic E-state index is -0.575. The summed E-state index contributed by atoms with van der Waals surface area (Å²) in [5.74, 6) is 1.21. The molecule has 0 spiro atoms. The van der Waals surface area contributed by atoms with E-state index in [2.05, 4.69) is 0 Å². The molecule has 2 aliphatic rings. The van der Waals surface area contributed by atoms with Crippen LogP contribution in [0.3, 0.4) is 0 Å². The zero-order valence-corrected chi connectivity index (χ0v) is 10.2. The summed E-state index contributed by atoms with van der Waals surface area (Å²) in [6.45, 7) is 0. The van der Waals surface area contributed by atoms with Crippen LogP contribution in [0.2, 0.25) is 0 Å². The maximum atomic E-state index is 10.8. The Bertz CT molecular complexity index is 223. The summed E-state index contributed by atoms with van der Waals surface area (Å²) in [5.41, 5.74) is 0. The predicted molar refractivity (Wildman–Crippen MR) is 64.3 cm³/mol. The summed E-state index contributed by atoms with van der Waals surface area (Å²) < 4.78 is 0. The van der Waals surface area contributed by atoms with E-state index in [1.165, 1.54) is 38.5 Å². The number of carbonyl (C=O) groups is 1. The Morgan fingerprint density at radius 3 is 1.88 bits per heavy atom. The second-order valence-electron chi connectivity index (χ2n) is 5.78. The van der Waals surface area contributed by atoms with Gasteiger partial charge in [-0.25, -0.2) is 0 Å². The summed E-state index contributed by atoms with van der Waals surface area (Å²) in [5, 5.41) is 8.93. The van der Waals surface area contributed by atoms with Crippen molar-refractivity contribution in [3.8, 4) is 0 Å². The quantitative estimate of drug-likeness (QED) is 0.787. The van der Waals surface area contributed by atoms with Crippen molar-refractivity contribution in [2.24, 2.45) is 17.8 Å². The van der Waals surface area contributed by atoms with Crippen molar-refractivity contribution in [1.82, 2.24) is 0 Å². The molecule has 2 heteroatoms. The summed E-state index contributed by atoms with van der Waals surface area (Å²) >= 11 is 0. The lowest BCUT2D eigenvalue weighted by atomic mass is 9.79. The molecule has 0 bridgehead atoms. The van der Waals surface area contributed by atoms with E-state index < -0.39 is 5.97 Å². The van der Waals surface area contributed by atoms with Crippen LogP contribution in [-0.4, -0.2) is 11.1 Å². The topological polar surface area (TPSA) is 37.3 Å². The Morgan fingerprint density at radius 1 is 0.875 bits per heavy atom. The molecule has 1 N–H and O–H groups in total. The van der Waals surface area contributed by atoms with Gasteiger partial charge in [0.1, 0.15) is 0 Å². The monoisotopic (exact) mass is 224 g/mol. The van der Waals surface area contributed by atoms with Crippen molar-refractivity contribution in [2.45, 2.75) is 64.2 Å². The molecule has 0 aromatic rings. The van der Waals surface area contributed by atoms with Crippen LogP contribution < -0.4 is 0 Å². The lowest BCUT2D eigenvalue weighted by Gasteiger charge is -2.26. The van der Waals surface area contributed by atoms with Gasteiger partial charge < -0.3 is 5.11 Å². The molecule has 0 amide bonds. The van der Waals surface area contributed by atoms with E-state index >= 15 is 0 Å². The van der Waals surface area contributed by atoms with E-state index in [1.807, 2.05) is 0 Å². The first-order valence-electron chi connectivity index (χ1n) is 6.98. The summed E-state index contributed by atoms with van der Waals surface area (Å²) in [6, 6.07) is 0. The summed E-state index contributed by atoms with van der Waals surface area (Å²) in [7, 11) is 0. The standard InChI is InChI=1S/C14H24O2/c15-14(16)13-9-7-12(8-10-13)6-5-11-3-1-2-4-11/h11-13H,1-10H2,(H,15,16). The molecule has 2 fully saturated rings. The van der Waals surface area contributed by atoms with Crippen molar-refractivity contribution >= 4 is 5.97 Å². The lowest BCUT2D eigenvalue weighted by Crippen LogP contribution is -2.21. The molecule has 0 aromatic carbocycles. The molecule has 2 saturated carbocycles. The SMILES string of the molecule is O=C(O)C1CCC(CCC2CCCC2)CC1. The van der Waals surface area contributed by atoms with Crippen LogP contribution in [0.4, 0.5) is 0 Å². The normalized spacial score (nSPS) is 31.8. The van der Waals surface area contributed by atoms with Crippen molar-refractivity contribution in [1.29, 1.82) is 0 Å². The third-order valence-electron chi connectivity index (χ3n) is 4.65. The number of aliphatic carboxylic acids is 1. The van der Waals surface area contributed by atoms with E-state index in [-0.39, 0.29) is 5.92 Å². The minimum absolute atomic E-state index is 0.0391. The Balaban J connectivity index is 1.63. The van der Waals surface area contributed by atoms with Crippen LogP contribution in [0.5, 0.6) is 0 Å². The van der Waals surface area contributed by atoms with E-state index in [9.17, 15) is 4.79 Å². The van der Waals surface area contributed by atoms with Gasteiger partial charge in [0.05, 0.1) is 5.92 Å². The van der Waals surface area contributed by atoms with Crippen LogP contribution in [0, 0.1) is 17.8 Å². The van der Waals surface area contributed by atoms with Gasteiger partial charge in [-0.15, -0.1) is 0 Å². The van der Waals surface area contributed by atoms with Gasteiger partial charge >= 0.3 is 5.97 Å². The highest BCUT2D eigenvalue weighted by atomic mass is 16.4. The van der Waals surface area contributed by atoms with Crippen LogP contribution in [0.15, 0.2) is 0 Å². The molecule has 0 radical (unpaired) electrons. The Morgan fingerprint density at radius 2 is 1.38 bits per heavy atom. The molecule has 0 aromatic heterocycles. The van der Waals surface area contributed by atoms with Crippen molar-refractivity contribution in [3.05, 3.63) is 0 Å². The first-order valence-corrected chi connectivity index (χ1v) is 6.98. The van der Waals surface area contributed by atoms with Gasteiger partial charge in [-0.2, -0.15) is 0 Å². The van der Waals surface area contributed by atoms with Gasteiger partial charge in [-0.3, -0.25) is 4.79 Å². The Kier molecular flexibility index (Phi) is 4.25. The Hall–Kier alpha value is -0.530. The van der Waals surface area contributed by atoms with Crippen molar-refractivity contribution in [3.63, 3.8) is 0 Å². The summed E-state index contributed by atoms with van der Waals surface area (Å²) in [4.78, 5) is 10.8. The van der Waals surface area contributed by atoms with Gasteiger partial charge in [0.15, 0.2) is 0 Å². The molecular weight excluding hydrogens is 200 g/mol. The molecule has 92 valence electrons. The average molecular weight is 224 g/mol. The van der Waals surface area contributed by atoms with Crippen LogP contribution >= 0.6 is 0 Å². The molecule has 2 nitrogen and oxygen atoms in total. The fourth-order valence-electron chi connectivity index (χ4n) is 3.47. The van der Waals surface area contributed by atoms with E-state index in [0.717, 1.165) is 37.5 Å². The largest absolute Gasteiger partial charge is 0.481 e. The second-order valence-corrected chi connectivity index (χ2v) is 5.78. The molecule has 0 atom stereocenters. The highest BCUT2D eigenvalue weighted by Crippen LogP contribution is 2.35. The van der Waals surface area contributed by atoms with Gasteiger partial charge in [0.2, 0.25) is 0 Å². The maximum absolute atomic E-state index is 10.8. The molecule has 16 heavy (non-hydrogen) atoms. The minimum Gasteiger partial charge on any atom is -0.481 e. The second kappa shape index (κ2) is 5.70. The van der Waals surface area contributed by atoms with Gasteiger partial charge in [0.25, 0.3) is 0 Å². The summed E-state index contributed by atoms with van der Waals surface area (Å²) in [6.07, 6.45) is 12.7. The number of carboxylic acid groups (broad SMARTS) is 1. The maximum Gasteiger partial charge on any atom is 0.306 e. The highest BCUT2D eigenvalue weighted by molar-refractivity contribution is 5.69.